The van der Waals surface area contributed by atoms with E-state index in [1.54, 1.807) is 0 Å². The van der Waals surface area contributed by atoms with Crippen molar-refractivity contribution in [2.45, 2.75) is 19.6 Å². The van der Waals surface area contributed by atoms with Gasteiger partial charge in [-0.2, -0.15) is 0 Å². The summed E-state index contributed by atoms with van der Waals surface area (Å²) < 4.78 is 0. The molecule has 2 aliphatic heterocycles. The van der Waals surface area contributed by atoms with Crippen LogP contribution in [0.25, 0.3) is 0 Å². The molecule has 2 aromatic carbocycles. The van der Waals surface area contributed by atoms with E-state index in [0.29, 0.717) is 0 Å². The Kier molecular flexibility index (Phi) is 5.59. The van der Waals surface area contributed by atoms with Crippen LogP contribution < -0.4 is 10.6 Å². The van der Waals surface area contributed by atoms with Crippen molar-refractivity contribution in [1.82, 2.24) is 15.5 Å². The van der Waals surface area contributed by atoms with Gasteiger partial charge in [-0.05, 0) is 16.7 Å². The van der Waals surface area contributed by atoms with Crippen LogP contribution >= 0.6 is 0 Å². The summed E-state index contributed by atoms with van der Waals surface area (Å²) in [5, 5.41) is 7.00. The molecule has 2 heterocycles. The highest BCUT2D eigenvalue weighted by Gasteiger charge is 2.08. The van der Waals surface area contributed by atoms with Crippen LogP contribution in [0.3, 0.4) is 0 Å². The van der Waals surface area contributed by atoms with E-state index in [0.717, 1.165) is 45.8 Å². The number of hydrogen-bond donors (Lipinski definition) is 2. The summed E-state index contributed by atoms with van der Waals surface area (Å²) in [5.41, 5.74) is 4.13. The fourth-order valence-electron chi connectivity index (χ4n) is 2.85. The summed E-state index contributed by atoms with van der Waals surface area (Å²) in [5.74, 6) is 0. The van der Waals surface area contributed by atoms with E-state index in [1.807, 2.05) is 0 Å². The summed E-state index contributed by atoms with van der Waals surface area (Å²) in [7, 11) is 0. The van der Waals surface area contributed by atoms with Gasteiger partial charge >= 0.3 is 0 Å². The summed E-state index contributed by atoms with van der Waals surface area (Å²) in [6.45, 7) is 7.10. The van der Waals surface area contributed by atoms with E-state index < -0.39 is 0 Å². The Bertz CT molecular complexity index is 551. The average molecular weight is 295 g/mol. The Morgan fingerprint density at radius 3 is 2.32 bits per heavy atom. The molecule has 0 atom stereocenters. The van der Waals surface area contributed by atoms with Crippen LogP contribution in [0.2, 0.25) is 0 Å². The highest BCUT2D eigenvalue weighted by molar-refractivity contribution is 5.23. The fourth-order valence-corrected chi connectivity index (χ4v) is 2.85. The molecule has 2 bridgehead atoms. The molecule has 0 unspecified atom stereocenters. The van der Waals surface area contributed by atoms with E-state index >= 15 is 0 Å². The molecule has 3 heteroatoms. The minimum Gasteiger partial charge on any atom is -0.314 e. The van der Waals surface area contributed by atoms with Crippen LogP contribution in [0.5, 0.6) is 0 Å². The lowest BCUT2D eigenvalue weighted by molar-refractivity contribution is 0.257. The van der Waals surface area contributed by atoms with Gasteiger partial charge < -0.3 is 10.6 Å². The van der Waals surface area contributed by atoms with Crippen molar-refractivity contribution in [2.75, 3.05) is 26.2 Å². The highest BCUT2D eigenvalue weighted by Crippen LogP contribution is 2.11. The van der Waals surface area contributed by atoms with Crippen molar-refractivity contribution in [3.8, 4) is 0 Å². The zero-order chi connectivity index (χ0) is 15.0. The van der Waals surface area contributed by atoms with Gasteiger partial charge in [-0.25, -0.2) is 0 Å². The molecule has 4 rings (SSSR count). The molecule has 0 saturated heterocycles. The third-order valence-corrected chi connectivity index (χ3v) is 4.09. The standard InChI is InChI=1S/C19H25N3/c1-2-4-18(5-3-1)15-22-13-12-20-10-11-21-14-17-6-8-19(16-22)9-7-17/h1-9,20-21H,10-16H2. The van der Waals surface area contributed by atoms with Crippen LogP contribution in [-0.4, -0.2) is 31.1 Å². The summed E-state index contributed by atoms with van der Waals surface area (Å²) in [6, 6.07) is 19.8. The molecule has 0 saturated carbocycles. The van der Waals surface area contributed by atoms with Crippen LogP contribution in [0, 0.1) is 0 Å². The molecule has 22 heavy (non-hydrogen) atoms. The Balaban J connectivity index is 1.71. The summed E-state index contributed by atoms with van der Waals surface area (Å²) in [4.78, 5) is 2.52. The number of hydrogen-bond acceptors (Lipinski definition) is 3. The molecule has 3 nitrogen and oxygen atoms in total. The lowest BCUT2D eigenvalue weighted by Gasteiger charge is -2.23. The van der Waals surface area contributed by atoms with Crippen molar-refractivity contribution in [1.29, 1.82) is 0 Å². The van der Waals surface area contributed by atoms with Crippen molar-refractivity contribution < 1.29 is 0 Å². The second-order valence-electron chi connectivity index (χ2n) is 5.94. The van der Waals surface area contributed by atoms with Crippen molar-refractivity contribution in [3.05, 3.63) is 71.3 Å². The van der Waals surface area contributed by atoms with Crippen molar-refractivity contribution in [2.24, 2.45) is 0 Å². The first-order valence-electron chi connectivity index (χ1n) is 8.16. The summed E-state index contributed by atoms with van der Waals surface area (Å²) in [6.07, 6.45) is 0. The van der Waals surface area contributed by atoms with E-state index in [4.69, 9.17) is 0 Å². The van der Waals surface area contributed by atoms with Gasteiger partial charge in [0.1, 0.15) is 0 Å². The van der Waals surface area contributed by atoms with Crippen LogP contribution in [0.4, 0.5) is 0 Å². The molecule has 2 aromatic rings. The zero-order valence-electron chi connectivity index (χ0n) is 13.1. The lowest BCUT2D eigenvalue weighted by atomic mass is 10.1. The third kappa shape index (κ3) is 4.67. The molecule has 0 amide bonds. The van der Waals surface area contributed by atoms with Gasteiger partial charge in [-0.15, -0.1) is 0 Å². The monoisotopic (exact) mass is 295 g/mol. The van der Waals surface area contributed by atoms with E-state index in [-0.39, 0.29) is 0 Å². The predicted molar refractivity (Wildman–Crippen MR) is 91.6 cm³/mol. The number of benzene rings is 2. The number of fused-ring (bicyclic) bond motifs is 10. The van der Waals surface area contributed by atoms with Gasteiger partial charge in [0.25, 0.3) is 0 Å². The van der Waals surface area contributed by atoms with Crippen LogP contribution in [-0.2, 0) is 19.6 Å². The maximum absolute atomic E-state index is 3.53. The Morgan fingerprint density at radius 1 is 0.773 bits per heavy atom. The van der Waals surface area contributed by atoms with Gasteiger partial charge in [-0.1, -0.05) is 54.6 Å². The minimum absolute atomic E-state index is 0.954. The first kappa shape index (κ1) is 15.2. The zero-order valence-corrected chi connectivity index (χ0v) is 13.1. The maximum atomic E-state index is 3.53. The first-order valence-corrected chi connectivity index (χ1v) is 8.16. The fraction of sp³-hybridized carbons (Fsp3) is 0.368. The smallest absolute Gasteiger partial charge is 0.0237 e. The van der Waals surface area contributed by atoms with Gasteiger partial charge in [0.15, 0.2) is 0 Å². The second kappa shape index (κ2) is 8.08. The van der Waals surface area contributed by atoms with Gasteiger partial charge in [0, 0.05) is 45.8 Å². The quantitative estimate of drug-likeness (QED) is 0.833. The topological polar surface area (TPSA) is 27.3 Å². The van der Waals surface area contributed by atoms with Gasteiger partial charge in [0.05, 0.1) is 0 Å². The Hall–Kier alpha value is -1.68. The molecule has 0 aromatic heterocycles. The van der Waals surface area contributed by atoms with Crippen molar-refractivity contribution in [3.63, 3.8) is 0 Å². The summed E-state index contributed by atoms with van der Waals surface area (Å²) >= 11 is 0. The molecule has 0 aliphatic carbocycles. The lowest BCUT2D eigenvalue weighted by Crippen LogP contribution is -2.34. The molecule has 0 radical (unpaired) electrons. The normalized spacial score (nSPS) is 17.5. The predicted octanol–water partition coefficient (Wildman–Crippen LogP) is 2.38. The van der Waals surface area contributed by atoms with Crippen molar-refractivity contribution >= 4 is 0 Å². The van der Waals surface area contributed by atoms with Gasteiger partial charge in [0.2, 0.25) is 0 Å². The molecular formula is C19H25N3. The highest BCUT2D eigenvalue weighted by atomic mass is 15.1. The van der Waals surface area contributed by atoms with Gasteiger partial charge in [-0.3, -0.25) is 4.90 Å². The minimum atomic E-state index is 0.954. The first-order chi connectivity index (χ1) is 10.9. The largest absolute Gasteiger partial charge is 0.314 e. The van der Waals surface area contributed by atoms with E-state index in [9.17, 15) is 0 Å². The molecule has 116 valence electrons. The van der Waals surface area contributed by atoms with E-state index in [1.165, 1.54) is 16.7 Å². The van der Waals surface area contributed by atoms with Crippen LogP contribution in [0.15, 0.2) is 54.6 Å². The van der Waals surface area contributed by atoms with E-state index in [2.05, 4.69) is 70.1 Å². The number of nitrogens with one attached hydrogen (secondary N) is 2. The molecule has 0 fully saturated rings. The SMILES string of the molecule is c1ccc(CN2CCNCCNCc3ccc(cc3)C2)cc1. The number of rotatable bonds is 2. The molecule has 2 aliphatic rings. The second-order valence-corrected chi connectivity index (χ2v) is 5.94. The average Bonchev–Trinajstić information content (AvgIpc) is 2.58. The molecule has 2 N–H and O–H groups in total. The number of nitrogens with zero attached hydrogens (tertiary/aromatic N) is 1. The Morgan fingerprint density at radius 2 is 1.50 bits per heavy atom. The Labute approximate surface area is 133 Å². The third-order valence-electron chi connectivity index (χ3n) is 4.09. The molecular weight excluding hydrogens is 270 g/mol. The van der Waals surface area contributed by atoms with Crippen LogP contribution in [0.1, 0.15) is 16.7 Å². The molecule has 0 spiro atoms. The maximum Gasteiger partial charge on any atom is 0.0237 e.